The lowest BCUT2D eigenvalue weighted by Crippen LogP contribution is -2.18. The van der Waals surface area contributed by atoms with Crippen LogP contribution in [0.5, 0.6) is 0 Å². The van der Waals surface area contributed by atoms with Gasteiger partial charge < -0.3 is 0 Å². The van der Waals surface area contributed by atoms with E-state index in [-0.39, 0.29) is 31.7 Å². The summed E-state index contributed by atoms with van der Waals surface area (Å²) in [5, 5.41) is 0. The molecule has 0 aliphatic heterocycles. The monoisotopic (exact) mass is 256 g/mol. The molecule has 0 saturated heterocycles. The van der Waals surface area contributed by atoms with Crippen molar-refractivity contribution >= 4 is 31.7 Å². The van der Waals surface area contributed by atoms with Gasteiger partial charge in [-0.15, -0.1) is 0 Å². The van der Waals surface area contributed by atoms with Gasteiger partial charge in [-0.2, -0.15) is 0 Å². The lowest BCUT2D eigenvalue weighted by Gasteiger charge is -2.49. The molecule has 0 fully saturated rings. The Balaban J connectivity index is 5.06. The van der Waals surface area contributed by atoms with Crippen molar-refractivity contribution in [1.29, 1.82) is 0 Å². The normalized spacial score (nSPS) is 13.8. The molecule has 0 aliphatic carbocycles. The van der Waals surface area contributed by atoms with Gasteiger partial charge in [0.1, 0.15) is 0 Å². The van der Waals surface area contributed by atoms with Crippen LogP contribution in [0.1, 0.15) is 0 Å². The number of hydrogen-bond donors (Lipinski definition) is 0. The third-order valence-electron chi connectivity index (χ3n) is 2.40. The van der Waals surface area contributed by atoms with Gasteiger partial charge in [-0.05, 0) is 53.3 Å². The van der Waals surface area contributed by atoms with Gasteiger partial charge in [0, 0.05) is 4.38 Å². The third-order valence-corrected chi connectivity index (χ3v) is 21.6. The molecule has 0 bridgehead atoms. The number of rotatable bonds is 4. The van der Waals surface area contributed by atoms with E-state index >= 15 is 0 Å². The maximum Gasteiger partial charge on any atom is 0.0469 e. The van der Waals surface area contributed by atoms with Crippen LogP contribution in [0.15, 0.2) is 0 Å². The fourth-order valence-corrected chi connectivity index (χ4v) is 21.6. The van der Waals surface area contributed by atoms with E-state index in [2.05, 4.69) is 53.3 Å². The summed E-state index contributed by atoms with van der Waals surface area (Å²) in [5.74, 6) is 0. The fourth-order valence-electron chi connectivity index (χ4n) is 2.40. The average molecular weight is 256 g/mol. The van der Waals surface area contributed by atoms with Gasteiger partial charge in [0.05, 0.1) is 0 Å². The molecule has 13 heavy (non-hydrogen) atoms. The summed E-state index contributed by atoms with van der Waals surface area (Å²) >= 11 is 0. The lowest BCUT2D eigenvalue weighted by molar-refractivity contribution is 1.61. The Hall–Kier alpha value is 1.72. The molecule has 0 amide bonds. The van der Waals surface area contributed by atoms with Crippen LogP contribution < -0.4 is 0 Å². The molecular weight excluding hydrogens is 232 g/mol. The summed E-state index contributed by atoms with van der Waals surface area (Å²) in [6.07, 6.45) is 0. The van der Waals surface area contributed by atoms with Crippen LogP contribution in [0.3, 0.4) is 0 Å². The molecule has 4 heteroatoms. The van der Waals surface area contributed by atoms with E-state index < -0.39 is 0 Å². The Labute approximate surface area is 89.7 Å². The minimum Gasteiger partial charge on any atom is -0.0932 e. The van der Waals surface area contributed by atoms with Crippen LogP contribution in [-0.4, -0.2) is 57.7 Å². The quantitative estimate of drug-likeness (QED) is 0.646. The summed E-state index contributed by atoms with van der Waals surface area (Å²) in [7, 11) is 0.880. The predicted octanol–water partition coefficient (Wildman–Crippen LogP) is 4.56. The highest BCUT2D eigenvalue weighted by Gasteiger charge is 2.42. The SMILES string of the molecule is CP(C)C(P(C)C)(P(C)C)P(C)C. The van der Waals surface area contributed by atoms with Crippen molar-refractivity contribution in [2.45, 2.75) is 4.38 Å². The van der Waals surface area contributed by atoms with Crippen LogP contribution in [0.4, 0.5) is 0 Å². The van der Waals surface area contributed by atoms with E-state index in [1.54, 1.807) is 0 Å². The van der Waals surface area contributed by atoms with Gasteiger partial charge in [0.25, 0.3) is 0 Å². The summed E-state index contributed by atoms with van der Waals surface area (Å²) in [5.41, 5.74) is 0. The molecule has 0 aromatic heterocycles. The molecule has 0 atom stereocenters. The smallest absolute Gasteiger partial charge is 0.0469 e. The second-order valence-electron chi connectivity index (χ2n) is 4.18. The average Bonchev–Trinajstić information content (AvgIpc) is 1.82. The molecule has 0 N–H and O–H groups in total. The molecule has 0 nitrogen and oxygen atoms in total. The Bertz CT molecular complexity index is 114. The van der Waals surface area contributed by atoms with Gasteiger partial charge >= 0.3 is 0 Å². The Morgan fingerprint density at radius 1 is 0.462 bits per heavy atom. The maximum absolute atomic E-state index is 2.49. The van der Waals surface area contributed by atoms with Crippen molar-refractivity contribution in [3.05, 3.63) is 0 Å². The van der Waals surface area contributed by atoms with Crippen LogP contribution >= 0.6 is 31.7 Å². The van der Waals surface area contributed by atoms with E-state index in [0.29, 0.717) is 0 Å². The standard InChI is InChI=1S/C9H24P4/c1-10(2)9(11(3)4,12(5)6)13(7)8/h1-8H3. The van der Waals surface area contributed by atoms with Gasteiger partial charge in [-0.25, -0.2) is 0 Å². The highest BCUT2D eigenvalue weighted by atomic mass is 31.3. The fraction of sp³-hybridized carbons (Fsp3) is 1.00. The van der Waals surface area contributed by atoms with Crippen LogP contribution in [0.2, 0.25) is 0 Å². The van der Waals surface area contributed by atoms with E-state index in [0.717, 1.165) is 4.38 Å². The summed E-state index contributed by atoms with van der Waals surface area (Å²) in [4.78, 5) is 0. The Kier molecular flexibility index (Phi) is 6.46. The first-order valence-corrected chi connectivity index (χ1v) is 13.4. The minimum atomic E-state index is 0.220. The van der Waals surface area contributed by atoms with E-state index in [1.807, 2.05) is 0 Å². The van der Waals surface area contributed by atoms with Crippen molar-refractivity contribution in [3.8, 4) is 0 Å². The summed E-state index contributed by atoms with van der Waals surface area (Å²) in [6, 6.07) is 0. The molecule has 0 rings (SSSR count). The van der Waals surface area contributed by atoms with Crippen molar-refractivity contribution in [2.24, 2.45) is 0 Å². The van der Waals surface area contributed by atoms with Crippen molar-refractivity contribution < 1.29 is 0 Å². The van der Waals surface area contributed by atoms with Crippen LogP contribution in [-0.2, 0) is 0 Å². The van der Waals surface area contributed by atoms with E-state index in [9.17, 15) is 0 Å². The van der Waals surface area contributed by atoms with Crippen molar-refractivity contribution in [2.75, 3.05) is 53.3 Å². The molecule has 0 spiro atoms. The highest BCUT2D eigenvalue weighted by Crippen LogP contribution is 2.84. The summed E-state index contributed by atoms with van der Waals surface area (Å²) in [6.45, 7) is 19.9. The lowest BCUT2D eigenvalue weighted by atomic mass is 11.7. The highest BCUT2D eigenvalue weighted by molar-refractivity contribution is 8.05. The molecule has 0 heterocycles. The largest absolute Gasteiger partial charge is 0.0932 e. The van der Waals surface area contributed by atoms with E-state index in [1.165, 1.54) is 0 Å². The second-order valence-corrected chi connectivity index (χ2v) is 16.1. The first-order valence-electron chi connectivity index (χ1n) is 4.47. The van der Waals surface area contributed by atoms with E-state index in [4.69, 9.17) is 0 Å². The molecule has 0 aliphatic rings. The summed E-state index contributed by atoms with van der Waals surface area (Å²) < 4.78 is 0.759. The van der Waals surface area contributed by atoms with Gasteiger partial charge in [-0.3, -0.25) is 0 Å². The first-order chi connectivity index (χ1) is 5.77. The Morgan fingerprint density at radius 2 is 0.615 bits per heavy atom. The molecular formula is C9H24P4. The molecule has 0 aromatic rings. The van der Waals surface area contributed by atoms with Crippen molar-refractivity contribution in [3.63, 3.8) is 0 Å². The molecule has 0 aromatic carbocycles. The van der Waals surface area contributed by atoms with Gasteiger partial charge in [0.15, 0.2) is 0 Å². The molecule has 0 unspecified atom stereocenters. The Morgan fingerprint density at radius 3 is 0.615 bits per heavy atom. The maximum atomic E-state index is 2.49. The van der Waals surface area contributed by atoms with Gasteiger partial charge in [-0.1, -0.05) is 31.7 Å². The topological polar surface area (TPSA) is 0 Å². The first kappa shape index (κ1) is 14.7. The van der Waals surface area contributed by atoms with Crippen molar-refractivity contribution in [1.82, 2.24) is 0 Å². The molecule has 0 radical (unpaired) electrons. The van der Waals surface area contributed by atoms with Gasteiger partial charge in [0.2, 0.25) is 0 Å². The van der Waals surface area contributed by atoms with Crippen LogP contribution in [0, 0.1) is 0 Å². The predicted molar refractivity (Wildman–Crippen MR) is 77.8 cm³/mol. The third kappa shape index (κ3) is 2.85. The van der Waals surface area contributed by atoms with Crippen LogP contribution in [0.25, 0.3) is 0 Å². The number of hydrogen-bond acceptors (Lipinski definition) is 0. The zero-order valence-corrected chi connectivity index (χ0v) is 13.9. The minimum absolute atomic E-state index is 0.220. The second kappa shape index (κ2) is 5.71. The zero-order chi connectivity index (χ0) is 10.8. The zero-order valence-electron chi connectivity index (χ0n) is 10.3. The molecule has 0 saturated carbocycles. The molecule has 80 valence electrons.